The van der Waals surface area contributed by atoms with Gasteiger partial charge in [0.15, 0.2) is 23.1 Å². The zero-order chi connectivity index (χ0) is 65.3. The van der Waals surface area contributed by atoms with Gasteiger partial charge in [-0.1, -0.05) is 157 Å². The fraction of sp³-hybridized carbons (Fsp3) is 0.739. The number of hydrogen-bond donors (Lipinski definition) is 2. The predicted molar refractivity (Wildman–Crippen MR) is 342 cm³/mol. The molecule has 3 N–H and O–H groups in total. The van der Waals surface area contributed by atoms with E-state index in [2.05, 4.69) is 40.9 Å². The molecule has 4 saturated heterocycles. The Balaban J connectivity index is 0.000000335. The van der Waals surface area contributed by atoms with E-state index in [4.69, 9.17) is 15.6 Å². The highest BCUT2D eigenvalue weighted by atomic mass is 32.2. The summed E-state index contributed by atoms with van der Waals surface area (Å²) in [6.45, 7) is 22.8. The van der Waals surface area contributed by atoms with Gasteiger partial charge in [0.1, 0.15) is 9.99 Å². The molecule has 6 fully saturated rings. The molecule has 0 unspecified atom stereocenters. The lowest BCUT2D eigenvalue weighted by atomic mass is 9.76. The third kappa shape index (κ3) is 19.3. The van der Waals surface area contributed by atoms with Crippen LogP contribution < -0.4 is 5.73 Å². The maximum Gasteiger partial charge on any atom is 0.290 e. The van der Waals surface area contributed by atoms with Gasteiger partial charge in [0, 0.05) is 83.0 Å². The van der Waals surface area contributed by atoms with Gasteiger partial charge in [-0.05, 0) is 95.8 Å². The lowest BCUT2D eigenvalue weighted by Gasteiger charge is -2.35. The molecule has 6 aliphatic rings. The second kappa shape index (κ2) is 33.5. The summed E-state index contributed by atoms with van der Waals surface area (Å²) in [7, 11) is -2.14. The lowest BCUT2D eigenvalue weighted by molar-refractivity contribution is -0.145. The number of rotatable bonds is 18. The van der Waals surface area contributed by atoms with Crippen LogP contribution in [0.3, 0.4) is 0 Å². The number of thiophene rings is 1. The van der Waals surface area contributed by atoms with Crippen LogP contribution in [0.4, 0.5) is 0 Å². The molecule has 492 valence electrons. The Labute approximate surface area is 529 Å². The van der Waals surface area contributed by atoms with Gasteiger partial charge in [0.2, 0.25) is 23.4 Å². The number of carbonyl (C=O) groups excluding carboxylic acids is 9. The zero-order valence-corrected chi connectivity index (χ0v) is 55.9. The number of amides is 2. The topological polar surface area (TPSA) is 261 Å². The van der Waals surface area contributed by atoms with Crippen LogP contribution in [0.25, 0.3) is 0 Å². The van der Waals surface area contributed by atoms with E-state index in [1.165, 1.54) is 4.31 Å². The maximum absolute atomic E-state index is 14.5. The average Bonchev–Trinajstić information content (AvgIpc) is 1.79. The standard InChI is InChI=1S/C41H62N2O7S2.C27H42N2O4.CH2O2/c1-8-9-20-33(45)38(47)28-18-15-13-11-10-12-14-16-19-29(39(48)43-27-32-36(41(32,5)6)37(43)34(46)24-28)23-31(44)25-30(40(2,3)4)26-42(7)52(49,50)35-21-17-22-51-35;1-4-5-15-21(30)25(32)18-13-11-9-7-6-8-10-12-14-20(28)26(33)29-17-19-23(27(19,2)3)24(29)22(31)16-18;2-1-3/h8,17,21-22,28-30,32,36-37H,1,9-16,18-20,23-27H2,2-7H3;4,18-20,23-24H,1,5-17,28H2,2-3H3;1H,(H,2,3)/t28-,29-,30-,32+,36+,37-;18-,19+,20+,23+,24-;/m11./s1. The number of ketones is 7. The van der Waals surface area contributed by atoms with Gasteiger partial charge in [0.25, 0.3) is 16.5 Å². The number of piperidine rings is 2. The molecular weight excluding hydrogens is 1160 g/mol. The minimum absolute atomic E-state index is 0.0152. The van der Waals surface area contributed by atoms with Gasteiger partial charge >= 0.3 is 0 Å². The highest BCUT2D eigenvalue weighted by molar-refractivity contribution is 7.91. The van der Waals surface area contributed by atoms with E-state index in [9.17, 15) is 51.6 Å². The molecule has 0 radical (unpaired) electrons. The van der Waals surface area contributed by atoms with Crippen molar-refractivity contribution in [3.63, 3.8) is 0 Å². The third-order valence-corrected chi connectivity index (χ3v) is 23.8. The van der Waals surface area contributed by atoms with Crippen molar-refractivity contribution < 1.29 is 61.5 Å². The summed E-state index contributed by atoms with van der Waals surface area (Å²) in [5, 5.41) is 8.62. The van der Waals surface area contributed by atoms with Crippen LogP contribution in [-0.2, 0) is 58.0 Å². The van der Waals surface area contributed by atoms with E-state index >= 15 is 0 Å². The van der Waals surface area contributed by atoms with Gasteiger partial charge in [-0.25, -0.2) is 8.42 Å². The molecule has 11 atom stereocenters. The van der Waals surface area contributed by atoms with E-state index in [1.54, 1.807) is 46.5 Å². The first-order valence-electron chi connectivity index (χ1n) is 32.9. The Morgan fingerprint density at radius 2 is 1.11 bits per heavy atom. The molecule has 17 nitrogen and oxygen atoms in total. The first-order chi connectivity index (χ1) is 41.5. The quantitative estimate of drug-likeness (QED) is 0.0787. The second-order valence-corrected chi connectivity index (χ2v) is 31.7. The third-order valence-electron chi connectivity index (χ3n) is 20.6. The monoisotopic (exact) mass is 1260 g/mol. The van der Waals surface area contributed by atoms with Crippen molar-refractivity contribution in [2.45, 2.75) is 238 Å². The Morgan fingerprint density at radius 1 is 0.705 bits per heavy atom. The summed E-state index contributed by atoms with van der Waals surface area (Å²) in [4.78, 5) is 133. The molecule has 0 spiro atoms. The number of sulfonamides is 1. The number of nitrogens with zero attached hydrogens (tertiary/aromatic N) is 3. The Hall–Kier alpha value is -4.85. The van der Waals surface area contributed by atoms with Crippen LogP contribution in [0.2, 0.25) is 0 Å². The zero-order valence-electron chi connectivity index (χ0n) is 54.3. The molecule has 7 rings (SSSR count). The van der Waals surface area contributed by atoms with Crippen molar-refractivity contribution in [3.8, 4) is 0 Å². The van der Waals surface area contributed by atoms with Gasteiger partial charge in [0.05, 0.1) is 18.1 Å². The van der Waals surface area contributed by atoms with E-state index in [0.29, 0.717) is 57.5 Å². The first kappa shape index (κ1) is 73.9. The molecule has 0 bridgehead atoms. The minimum Gasteiger partial charge on any atom is -0.483 e. The minimum atomic E-state index is -3.70. The average molecular weight is 1260 g/mol. The van der Waals surface area contributed by atoms with Crippen molar-refractivity contribution in [1.29, 1.82) is 0 Å². The second-order valence-electron chi connectivity index (χ2n) is 28.5. The molecule has 1 aromatic heterocycles. The van der Waals surface area contributed by atoms with Crippen LogP contribution in [0, 0.1) is 63.6 Å². The predicted octanol–water partition coefficient (Wildman–Crippen LogP) is 11.4. The van der Waals surface area contributed by atoms with Gasteiger partial charge in [-0.2, -0.15) is 4.31 Å². The van der Waals surface area contributed by atoms with E-state index in [-0.39, 0.29) is 125 Å². The summed E-state index contributed by atoms with van der Waals surface area (Å²) in [5.74, 6) is -3.95. The van der Waals surface area contributed by atoms with Gasteiger partial charge in [-0.15, -0.1) is 24.5 Å². The largest absolute Gasteiger partial charge is 0.483 e. The fourth-order valence-electron chi connectivity index (χ4n) is 14.8. The molecule has 5 heterocycles. The molecule has 88 heavy (non-hydrogen) atoms. The van der Waals surface area contributed by atoms with Gasteiger partial charge in [-0.3, -0.25) is 47.9 Å². The smallest absolute Gasteiger partial charge is 0.290 e. The number of hydrogen-bond acceptors (Lipinski definition) is 14. The summed E-state index contributed by atoms with van der Waals surface area (Å²) in [5.41, 5.74) is 5.79. The molecule has 2 saturated carbocycles. The molecule has 0 aromatic carbocycles. The van der Waals surface area contributed by atoms with Crippen molar-refractivity contribution in [3.05, 3.63) is 42.8 Å². The number of fused-ring (bicyclic) bond motifs is 6. The molecule has 19 heteroatoms. The van der Waals surface area contributed by atoms with Gasteiger partial charge < -0.3 is 20.6 Å². The highest BCUT2D eigenvalue weighted by Gasteiger charge is 2.70. The summed E-state index contributed by atoms with van der Waals surface area (Å²) in [6, 6.07) is 1.52. The normalized spacial score (nSPS) is 28.4. The summed E-state index contributed by atoms with van der Waals surface area (Å²) < 4.78 is 28.1. The van der Waals surface area contributed by atoms with Crippen LogP contribution in [0.15, 0.2) is 47.0 Å². The Bertz CT molecular complexity index is 2730. The van der Waals surface area contributed by atoms with Crippen molar-refractivity contribution in [2.75, 3.05) is 26.7 Å². The highest BCUT2D eigenvalue weighted by Crippen LogP contribution is 2.66. The van der Waals surface area contributed by atoms with Crippen LogP contribution in [-0.4, -0.2) is 131 Å². The number of carbonyl (C=O) groups is 10. The number of Topliss-reactive ketones (excluding diaryl/α,β-unsaturated/α-hetero) is 7. The van der Waals surface area contributed by atoms with Crippen molar-refractivity contribution in [1.82, 2.24) is 14.1 Å². The lowest BCUT2D eigenvalue weighted by Crippen LogP contribution is -2.52. The summed E-state index contributed by atoms with van der Waals surface area (Å²) in [6.07, 6.45) is 20.4. The number of nitrogens with two attached hydrogens (primary N) is 1. The first-order valence-corrected chi connectivity index (χ1v) is 35.2. The summed E-state index contributed by atoms with van der Waals surface area (Å²) >= 11 is 1.16. The molecule has 4 aliphatic heterocycles. The Kier molecular flexibility index (Phi) is 28.1. The van der Waals surface area contributed by atoms with Crippen molar-refractivity contribution >= 4 is 80.1 Å². The molecule has 1 aromatic rings. The van der Waals surface area contributed by atoms with Crippen LogP contribution >= 0.6 is 11.3 Å². The maximum atomic E-state index is 14.5. The SMILES string of the molecule is C=CCCC(=O)C(=O)[C@@H]1CCCCCCCCC[C@H](CC(=O)C[C@H](CN(C)S(=O)(=O)c2cccs2)C(C)(C)C)C(=O)N2C[C@H]3[C@@H]([C@H]2C(=O)C1)C3(C)C.C=CCCC(=O)C(=O)[C@@H]1CCCCCCCCC[C@H](N)C(=O)N2C[C@H]3[C@@H]([C@H]2C(=O)C1)C3(C)C.O=CO. The van der Waals surface area contributed by atoms with Crippen LogP contribution in [0.1, 0.15) is 215 Å². The molecule has 2 amide bonds. The van der Waals surface area contributed by atoms with Crippen LogP contribution in [0.5, 0.6) is 0 Å². The van der Waals surface area contributed by atoms with Crippen molar-refractivity contribution in [2.24, 2.45) is 69.3 Å². The number of allylic oxidation sites excluding steroid dienone is 2. The van der Waals surface area contributed by atoms with E-state index in [1.807, 2.05) is 20.8 Å². The molecular formula is C69H106N4O13S2. The fourth-order valence-corrected chi connectivity index (χ4v) is 17.2. The van der Waals surface area contributed by atoms with E-state index in [0.717, 1.165) is 101 Å². The van der Waals surface area contributed by atoms with E-state index < -0.39 is 69.0 Å². The molecule has 2 aliphatic carbocycles. The number of carboxylic acid groups (broad SMARTS) is 1. The Morgan fingerprint density at radius 3 is 1.52 bits per heavy atom.